The minimum Gasteiger partial charge on any atom is -0.353 e. The van der Waals surface area contributed by atoms with Crippen LogP contribution in [0.15, 0.2) is 94.7 Å². The number of anilines is 2. The van der Waals surface area contributed by atoms with E-state index < -0.39 is 5.92 Å². The summed E-state index contributed by atoms with van der Waals surface area (Å²) >= 11 is 7.79. The molecule has 1 atom stereocenters. The summed E-state index contributed by atoms with van der Waals surface area (Å²) in [5.74, 6) is -1.16. The van der Waals surface area contributed by atoms with Gasteiger partial charge in [0, 0.05) is 27.7 Å². The van der Waals surface area contributed by atoms with Crippen LogP contribution in [0.25, 0.3) is 0 Å². The maximum absolute atomic E-state index is 13.5. The molecule has 3 aromatic carbocycles. The van der Waals surface area contributed by atoms with Crippen LogP contribution >= 0.6 is 23.4 Å². The molecular formula is C30H27ClN4O2S. The van der Waals surface area contributed by atoms with Gasteiger partial charge in [-0.2, -0.15) is 5.26 Å². The van der Waals surface area contributed by atoms with Crippen LogP contribution in [0, 0.1) is 25.2 Å². The third kappa shape index (κ3) is 5.94. The number of nitriles is 1. The van der Waals surface area contributed by atoms with Crippen molar-refractivity contribution in [1.82, 2.24) is 5.32 Å². The maximum atomic E-state index is 13.5. The lowest BCUT2D eigenvalue weighted by Crippen LogP contribution is -2.31. The first kappa shape index (κ1) is 27.1. The lowest BCUT2D eigenvalue weighted by atomic mass is 9.82. The van der Waals surface area contributed by atoms with Gasteiger partial charge in [-0.05, 0) is 61.7 Å². The van der Waals surface area contributed by atoms with Gasteiger partial charge < -0.3 is 16.0 Å². The SMILES string of the molecule is CC1=C(C(=O)Nc2ccccc2)C(c2ccccc2Cl)C(C#N)=C(SCC(=O)Nc2cccc(C)c2C)N1. The molecule has 192 valence electrons. The van der Waals surface area contributed by atoms with Crippen LogP contribution in [0.1, 0.15) is 29.5 Å². The van der Waals surface area contributed by atoms with Crippen LogP contribution < -0.4 is 16.0 Å². The van der Waals surface area contributed by atoms with Crippen molar-refractivity contribution in [2.24, 2.45) is 0 Å². The van der Waals surface area contributed by atoms with Crippen molar-refractivity contribution >= 4 is 46.6 Å². The first-order chi connectivity index (χ1) is 18.3. The summed E-state index contributed by atoms with van der Waals surface area (Å²) in [7, 11) is 0. The van der Waals surface area contributed by atoms with Crippen LogP contribution in [0.3, 0.4) is 0 Å². The fourth-order valence-electron chi connectivity index (χ4n) is 4.28. The Bertz CT molecular complexity index is 1490. The number of halogens is 1. The molecule has 38 heavy (non-hydrogen) atoms. The molecule has 1 aliphatic heterocycles. The molecule has 3 N–H and O–H groups in total. The number of hydrogen-bond donors (Lipinski definition) is 3. The highest BCUT2D eigenvalue weighted by molar-refractivity contribution is 8.03. The maximum Gasteiger partial charge on any atom is 0.254 e. The van der Waals surface area contributed by atoms with E-state index in [2.05, 4.69) is 22.0 Å². The smallest absolute Gasteiger partial charge is 0.254 e. The molecule has 1 aliphatic rings. The number of nitrogens with one attached hydrogen (secondary N) is 3. The van der Waals surface area contributed by atoms with Gasteiger partial charge in [-0.25, -0.2) is 0 Å². The van der Waals surface area contributed by atoms with Crippen LogP contribution in [-0.2, 0) is 9.59 Å². The van der Waals surface area contributed by atoms with E-state index in [1.54, 1.807) is 31.2 Å². The van der Waals surface area contributed by atoms with Gasteiger partial charge in [-0.15, -0.1) is 0 Å². The largest absolute Gasteiger partial charge is 0.353 e. The molecule has 0 aromatic heterocycles. The van der Waals surface area contributed by atoms with Crippen LogP contribution in [0.2, 0.25) is 5.02 Å². The van der Waals surface area contributed by atoms with Gasteiger partial charge in [0.15, 0.2) is 0 Å². The molecule has 0 spiro atoms. The van der Waals surface area contributed by atoms with Crippen LogP contribution in [-0.4, -0.2) is 17.6 Å². The monoisotopic (exact) mass is 542 g/mol. The minimum absolute atomic E-state index is 0.0783. The molecule has 1 unspecified atom stereocenters. The molecule has 0 bridgehead atoms. The summed E-state index contributed by atoms with van der Waals surface area (Å²) in [6.45, 7) is 5.74. The van der Waals surface area contributed by atoms with Gasteiger partial charge in [0.05, 0.1) is 28.3 Å². The number of allylic oxidation sites excluding steroid dienone is 2. The Hall–Kier alpha value is -3.99. The standard InChI is InChI=1S/C30H27ClN4O2S/c1-18-10-9-15-25(19(18)2)35-26(36)17-38-30-23(16-32)28(22-13-7-8-14-24(22)31)27(20(3)33-30)29(37)34-21-11-5-4-6-12-21/h4-15,28,33H,17H2,1-3H3,(H,34,37)(H,35,36). The van der Waals surface area contributed by atoms with E-state index >= 15 is 0 Å². The number of dihydropyridines is 1. The molecule has 4 rings (SSSR count). The van der Waals surface area contributed by atoms with Gasteiger partial charge in [-0.1, -0.05) is 71.9 Å². The number of carbonyl (C=O) groups excluding carboxylic acids is 2. The molecule has 8 heteroatoms. The summed E-state index contributed by atoms with van der Waals surface area (Å²) in [5, 5.41) is 20.3. The normalized spacial score (nSPS) is 15.0. The molecule has 0 saturated heterocycles. The first-order valence-electron chi connectivity index (χ1n) is 12.0. The number of carbonyl (C=O) groups is 2. The second kappa shape index (κ2) is 12.0. The average molecular weight is 543 g/mol. The molecule has 0 aliphatic carbocycles. The first-order valence-corrected chi connectivity index (χ1v) is 13.4. The van der Waals surface area contributed by atoms with Gasteiger partial charge in [0.2, 0.25) is 5.91 Å². The molecule has 2 amide bonds. The number of thioether (sulfide) groups is 1. The molecule has 0 radical (unpaired) electrons. The number of nitrogens with zero attached hydrogens (tertiary/aromatic N) is 1. The fourth-order valence-corrected chi connectivity index (χ4v) is 5.41. The highest BCUT2D eigenvalue weighted by atomic mass is 35.5. The molecule has 0 fully saturated rings. The molecule has 6 nitrogen and oxygen atoms in total. The highest BCUT2D eigenvalue weighted by Gasteiger charge is 2.36. The Morgan fingerprint density at radius 2 is 1.68 bits per heavy atom. The Kier molecular flexibility index (Phi) is 8.57. The Balaban J connectivity index is 1.64. The molecule has 1 heterocycles. The van der Waals surface area contributed by atoms with Crippen LogP contribution in [0.5, 0.6) is 0 Å². The summed E-state index contributed by atoms with van der Waals surface area (Å²) in [4.78, 5) is 26.3. The van der Waals surface area contributed by atoms with Crippen molar-refractivity contribution in [3.8, 4) is 6.07 Å². The van der Waals surface area contributed by atoms with E-state index in [-0.39, 0.29) is 17.6 Å². The van der Waals surface area contributed by atoms with E-state index in [1.807, 2.05) is 62.4 Å². The van der Waals surface area contributed by atoms with E-state index in [1.165, 1.54) is 11.8 Å². The van der Waals surface area contributed by atoms with Crippen molar-refractivity contribution in [3.63, 3.8) is 0 Å². The lowest BCUT2D eigenvalue weighted by molar-refractivity contribution is -0.114. The Morgan fingerprint density at radius 1 is 0.974 bits per heavy atom. The lowest BCUT2D eigenvalue weighted by Gasteiger charge is -2.30. The summed E-state index contributed by atoms with van der Waals surface area (Å²) in [5.41, 5.74) is 5.43. The fraction of sp³-hybridized carbons (Fsp3) is 0.167. The highest BCUT2D eigenvalue weighted by Crippen LogP contribution is 2.43. The summed E-state index contributed by atoms with van der Waals surface area (Å²) in [6.07, 6.45) is 0. The van der Waals surface area contributed by atoms with E-state index in [9.17, 15) is 14.9 Å². The van der Waals surface area contributed by atoms with Crippen molar-refractivity contribution in [2.75, 3.05) is 16.4 Å². The van der Waals surface area contributed by atoms with Crippen molar-refractivity contribution in [1.29, 1.82) is 5.26 Å². The zero-order chi connectivity index (χ0) is 27.2. The van der Waals surface area contributed by atoms with Crippen molar-refractivity contribution < 1.29 is 9.59 Å². The number of benzene rings is 3. The molecular weight excluding hydrogens is 516 g/mol. The predicted molar refractivity (Wildman–Crippen MR) is 155 cm³/mol. The van der Waals surface area contributed by atoms with E-state index in [4.69, 9.17) is 11.6 Å². The zero-order valence-electron chi connectivity index (χ0n) is 21.3. The minimum atomic E-state index is -0.705. The van der Waals surface area contributed by atoms with Gasteiger partial charge in [-0.3, -0.25) is 9.59 Å². The van der Waals surface area contributed by atoms with E-state index in [0.717, 1.165) is 16.8 Å². The van der Waals surface area contributed by atoms with Crippen molar-refractivity contribution in [3.05, 3.63) is 116 Å². The number of hydrogen-bond acceptors (Lipinski definition) is 5. The topological polar surface area (TPSA) is 94.0 Å². The average Bonchev–Trinajstić information content (AvgIpc) is 2.90. The second-order valence-electron chi connectivity index (χ2n) is 8.88. The van der Waals surface area contributed by atoms with E-state index in [0.29, 0.717) is 38.1 Å². The Labute approximate surface area is 231 Å². The second-order valence-corrected chi connectivity index (χ2v) is 10.3. The number of rotatable bonds is 7. The number of amides is 2. The molecule has 3 aromatic rings. The third-order valence-corrected chi connectivity index (χ3v) is 7.73. The number of aryl methyl sites for hydroxylation is 1. The summed E-state index contributed by atoms with van der Waals surface area (Å²) < 4.78 is 0. The van der Waals surface area contributed by atoms with Crippen LogP contribution in [0.4, 0.5) is 11.4 Å². The molecule has 0 saturated carbocycles. The van der Waals surface area contributed by atoms with Gasteiger partial charge in [0.1, 0.15) is 0 Å². The number of para-hydroxylation sites is 1. The quantitative estimate of drug-likeness (QED) is 0.310. The third-order valence-electron chi connectivity index (χ3n) is 6.37. The predicted octanol–water partition coefficient (Wildman–Crippen LogP) is 6.66. The Morgan fingerprint density at radius 3 is 2.39 bits per heavy atom. The van der Waals surface area contributed by atoms with Gasteiger partial charge >= 0.3 is 0 Å². The zero-order valence-corrected chi connectivity index (χ0v) is 22.8. The van der Waals surface area contributed by atoms with Crippen molar-refractivity contribution in [2.45, 2.75) is 26.7 Å². The summed E-state index contributed by atoms with van der Waals surface area (Å²) in [6, 6.07) is 24.3. The van der Waals surface area contributed by atoms with Gasteiger partial charge in [0.25, 0.3) is 5.91 Å².